The zero-order valence-electron chi connectivity index (χ0n) is 12.1. The van der Waals surface area contributed by atoms with Crippen molar-refractivity contribution in [3.8, 4) is 0 Å². The third-order valence-electron chi connectivity index (χ3n) is 3.23. The molecule has 2 amide bonds. The summed E-state index contributed by atoms with van der Waals surface area (Å²) in [5.41, 5.74) is 0. The van der Waals surface area contributed by atoms with Crippen LogP contribution < -0.4 is 5.32 Å². The summed E-state index contributed by atoms with van der Waals surface area (Å²) in [5.74, 6) is -1.01. The first-order valence-electron chi connectivity index (χ1n) is 7.17. The Morgan fingerprint density at radius 3 is 2.55 bits per heavy atom. The summed E-state index contributed by atoms with van der Waals surface area (Å²) in [6.07, 6.45) is 0.705. The second-order valence-corrected chi connectivity index (χ2v) is 4.66. The molecule has 0 aromatic rings. The van der Waals surface area contributed by atoms with Gasteiger partial charge in [0.25, 0.3) is 0 Å². The molecule has 0 atom stereocenters. The maximum Gasteiger partial charge on any atom is 0.311 e. The number of hydrogen-bond donors (Lipinski definition) is 2. The van der Waals surface area contributed by atoms with Crippen LogP contribution in [0, 0.1) is 0 Å². The van der Waals surface area contributed by atoms with Crippen LogP contribution in [0.2, 0.25) is 0 Å². The van der Waals surface area contributed by atoms with Crippen molar-refractivity contribution in [3.63, 3.8) is 0 Å². The summed E-state index contributed by atoms with van der Waals surface area (Å²) in [4.78, 5) is 27.2. The molecule has 0 spiro atoms. The van der Waals surface area contributed by atoms with Crippen molar-refractivity contribution in [3.05, 3.63) is 0 Å². The number of aliphatic hydroxyl groups excluding tert-OH is 1. The second kappa shape index (κ2) is 9.68. The number of aliphatic hydroxyl groups is 1. The minimum Gasteiger partial charge on any atom is -0.395 e. The molecule has 0 bridgehead atoms. The van der Waals surface area contributed by atoms with E-state index in [4.69, 9.17) is 9.84 Å². The maximum atomic E-state index is 11.9. The van der Waals surface area contributed by atoms with E-state index < -0.39 is 11.8 Å². The monoisotopic (exact) mass is 287 g/mol. The van der Waals surface area contributed by atoms with E-state index >= 15 is 0 Å². The molecule has 116 valence electrons. The van der Waals surface area contributed by atoms with Gasteiger partial charge in [0.15, 0.2) is 0 Å². The summed E-state index contributed by atoms with van der Waals surface area (Å²) in [7, 11) is 0. The second-order valence-electron chi connectivity index (χ2n) is 4.66. The molecule has 1 heterocycles. The highest BCUT2D eigenvalue weighted by Crippen LogP contribution is 2.01. The normalized spacial score (nSPS) is 16.2. The highest BCUT2D eigenvalue weighted by atomic mass is 16.5. The van der Waals surface area contributed by atoms with Crippen molar-refractivity contribution < 1.29 is 19.4 Å². The van der Waals surface area contributed by atoms with Crippen LogP contribution >= 0.6 is 0 Å². The van der Waals surface area contributed by atoms with Crippen LogP contribution in [0.3, 0.4) is 0 Å². The highest BCUT2D eigenvalue weighted by molar-refractivity contribution is 6.35. The third-order valence-corrected chi connectivity index (χ3v) is 3.23. The predicted molar refractivity (Wildman–Crippen MR) is 74.2 cm³/mol. The largest absolute Gasteiger partial charge is 0.395 e. The molecule has 20 heavy (non-hydrogen) atoms. The molecular formula is C13H25N3O4. The number of amides is 2. The lowest BCUT2D eigenvalue weighted by Gasteiger charge is -2.33. The molecule has 1 aliphatic heterocycles. The number of carbonyl (C=O) groups is 2. The fraction of sp³-hybridized carbons (Fsp3) is 0.846. The quantitative estimate of drug-likeness (QED) is 0.448. The van der Waals surface area contributed by atoms with Crippen LogP contribution in [0.15, 0.2) is 0 Å². The van der Waals surface area contributed by atoms with Crippen LogP contribution in [-0.2, 0) is 14.3 Å². The van der Waals surface area contributed by atoms with Crippen LogP contribution in [0.1, 0.15) is 13.3 Å². The van der Waals surface area contributed by atoms with Crippen molar-refractivity contribution in [2.24, 2.45) is 0 Å². The fourth-order valence-electron chi connectivity index (χ4n) is 2.06. The fourth-order valence-corrected chi connectivity index (χ4v) is 2.06. The summed E-state index contributed by atoms with van der Waals surface area (Å²) in [6, 6.07) is 0. The number of hydrogen-bond acceptors (Lipinski definition) is 5. The van der Waals surface area contributed by atoms with Gasteiger partial charge in [-0.2, -0.15) is 0 Å². The Bertz CT molecular complexity index is 304. The Hall–Kier alpha value is -1.18. The average Bonchev–Trinajstić information content (AvgIpc) is 2.47. The van der Waals surface area contributed by atoms with Crippen LogP contribution in [0.4, 0.5) is 0 Å². The summed E-state index contributed by atoms with van der Waals surface area (Å²) < 4.78 is 5.15. The SMILES string of the molecule is CCOCCCNC(=O)C(=O)N1CCN(CCO)CC1. The van der Waals surface area contributed by atoms with Crippen LogP contribution in [0.25, 0.3) is 0 Å². The minimum absolute atomic E-state index is 0.119. The van der Waals surface area contributed by atoms with Gasteiger partial charge >= 0.3 is 11.8 Å². The van der Waals surface area contributed by atoms with Crippen molar-refractivity contribution in [1.29, 1.82) is 0 Å². The van der Waals surface area contributed by atoms with Crippen molar-refractivity contribution in [1.82, 2.24) is 15.1 Å². The molecule has 1 saturated heterocycles. The van der Waals surface area contributed by atoms with E-state index in [1.165, 1.54) is 0 Å². The van der Waals surface area contributed by atoms with E-state index in [9.17, 15) is 9.59 Å². The molecule has 1 aliphatic rings. The summed E-state index contributed by atoms with van der Waals surface area (Å²) in [6.45, 7) is 6.81. The van der Waals surface area contributed by atoms with Gasteiger partial charge in [0.05, 0.1) is 6.61 Å². The van der Waals surface area contributed by atoms with Gasteiger partial charge in [0.2, 0.25) is 0 Å². The maximum absolute atomic E-state index is 11.9. The van der Waals surface area contributed by atoms with Gasteiger partial charge in [-0.15, -0.1) is 0 Å². The number of rotatable bonds is 7. The van der Waals surface area contributed by atoms with Crippen molar-refractivity contribution in [2.45, 2.75) is 13.3 Å². The van der Waals surface area contributed by atoms with E-state index in [0.29, 0.717) is 58.9 Å². The molecule has 7 heteroatoms. The molecule has 1 fully saturated rings. The first-order chi connectivity index (χ1) is 9.69. The molecule has 0 aromatic carbocycles. The average molecular weight is 287 g/mol. The Labute approximate surface area is 119 Å². The Morgan fingerprint density at radius 1 is 1.25 bits per heavy atom. The minimum atomic E-state index is -0.544. The molecule has 0 aromatic heterocycles. The van der Waals surface area contributed by atoms with E-state index in [2.05, 4.69) is 10.2 Å². The summed E-state index contributed by atoms with van der Waals surface area (Å²) >= 11 is 0. The van der Waals surface area contributed by atoms with Gasteiger partial charge in [-0.05, 0) is 13.3 Å². The predicted octanol–water partition coefficient (Wildman–Crippen LogP) is -1.33. The topological polar surface area (TPSA) is 82.1 Å². The van der Waals surface area contributed by atoms with Crippen LogP contribution in [-0.4, -0.2) is 85.8 Å². The molecule has 0 aliphatic carbocycles. The number of β-amino-alcohol motifs (C(OH)–C–C–N with tert-alkyl or cyclic N) is 1. The van der Waals surface area contributed by atoms with Gasteiger partial charge in [0, 0.05) is 52.5 Å². The van der Waals surface area contributed by atoms with Gasteiger partial charge in [0.1, 0.15) is 0 Å². The Morgan fingerprint density at radius 2 is 1.95 bits per heavy atom. The lowest BCUT2D eigenvalue weighted by molar-refractivity contribution is -0.147. The lowest BCUT2D eigenvalue weighted by atomic mass is 10.3. The number of piperazine rings is 1. The number of nitrogens with zero attached hydrogens (tertiary/aromatic N) is 2. The van der Waals surface area contributed by atoms with E-state index in [1.54, 1.807) is 4.90 Å². The number of ether oxygens (including phenoxy) is 1. The van der Waals surface area contributed by atoms with Crippen molar-refractivity contribution in [2.75, 3.05) is 59.1 Å². The lowest BCUT2D eigenvalue weighted by Crippen LogP contribution is -2.53. The molecule has 7 nitrogen and oxygen atoms in total. The van der Waals surface area contributed by atoms with Crippen LogP contribution in [0.5, 0.6) is 0 Å². The third kappa shape index (κ3) is 5.85. The first kappa shape index (κ1) is 16.9. The van der Waals surface area contributed by atoms with E-state index in [-0.39, 0.29) is 6.61 Å². The van der Waals surface area contributed by atoms with Gasteiger partial charge in [-0.3, -0.25) is 14.5 Å². The number of nitrogens with one attached hydrogen (secondary N) is 1. The van der Waals surface area contributed by atoms with E-state index in [0.717, 1.165) is 0 Å². The molecule has 0 unspecified atom stereocenters. The molecule has 0 radical (unpaired) electrons. The smallest absolute Gasteiger partial charge is 0.311 e. The van der Waals surface area contributed by atoms with E-state index in [1.807, 2.05) is 6.92 Å². The molecular weight excluding hydrogens is 262 g/mol. The highest BCUT2D eigenvalue weighted by Gasteiger charge is 2.25. The zero-order chi connectivity index (χ0) is 14.8. The molecule has 2 N–H and O–H groups in total. The van der Waals surface area contributed by atoms with Gasteiger partial charge in [-0.25, -0.2) is 0 Å². The van der Waals surface area contributed by atoms with Gasteiger partial charge < -0.3 is 20.1 Å². The van der Waals surface area contributed by atoms with Crippen molar-refractivity contribution >= 4 is 11.8 Å². The Balaban J connectivity index is 2.19. The summed E-state index contributed by atoms with van der Waals surface area (Å²) in [5, 5.41) is 11.5. The first-order valence-corrected chi connectivity index (χ1v) is 7.17. The molecule has 1 rings (SSSR count). The Kier molecular flexibility index (Phi) is 8.17. The zero-order valence-corrected chi connectivity index (χ0v) is 12.1. The standard InChI is InChI=1S/C13H25N3O4/c1-2-20-11-3-4-14-12(18)13(19)16-7-5-15(6-8-16)9-10-17/h17H,2-11H2,1H3,(H,14,18). The molecule has 0 saturated carbocycles. The number of carbonyl (C=O) groups excluding carboxylic acids is 2. The van der Waals surface area contributed by atoms with Gasteiger partial charge in [-0.1, -0.05) is 0 Å².